The maximum atomic E-state index is 12.0. The van der Waals surface area contributed by atoms with Crippen LogP contribution in [-0.2, 0) is 0 Å². The Morgan fingerprint density at radius 2 is 1.74 bits per heavy atom. The Balaban J connectivity index is 2.35. The highest BCUT2D eigenvalue weighted by Gasteiger charge is 2.26. The Labute approximate surface area is 117 Å². The van der Waals surface area contributed by atoms with Gasteiger partial charge >= 0.3 is 6.18 Å². The number of hydrogen-bond donors (Lipinski definition) is 1. The van der Waals surface area contributed by atoms with Gasteiger partial charge < -0.3 is 5.32 Å². The summed E-state index contributed by atoms with van der Waals surface area (Å²) in [5.74, 6) is 0. The lowest BCUT2D eigenvalue weighted by Crippen LogP contribution is -2.29. The molecule has 0 saturated carbocycles. The van der Waals surface area contributed by atoms with Crippen molar-refractivity contribution >= 4 is 11.6 Å². The van der Waals surface area contributed by atoms with Gasteiger partial charge in [0, 0.05) is 23.5 Å². The molecule has 5 heteroatoms. The van der Waals surface area contributed by atoms with Gasteiger partial charge in [0.15, 0.2) is 0 Å². The van der Waals surface area contributed by atoms with Crippen LogP contribution in [0.2, 0.25) is 5.02 Å². The van der Waals surface area contributed by atoms with Gasteiger partial charge in [0.1, 0.15) is 0 Å². The van der Waals surface area contributed by atoms with Gasteiger partial charge in [-0.2, -0.15) is 13.2 Å². The van der Waals surface area contributed by atoms with E-state index >= 15 is 0 Å². The van der Waals surface area contributed by atoms with E-state index in [9.17, 15) is 13.2 Å². The molecule has 0 amide bonds. The average Bonchev–Trinajstić information content (AvgIpc) is 2.27. The van der Waals surface area contributed by atoms with Crippen molar-refractivity contribution in [1.29, 1.82) is 0 Å². The van der Waals surface area contributed by atoms with Crippen molar-refractivity contribution in [1.82, 2.24) is 5.32 Å². The van der Waals surface area contributed by atoms with Gasteiger partial charge in [-0.1, -0.05) is 23.7 Å². The van der Waals surface area contributed by atoms with E-state index in [1.165, 1.54) is 0 Å². The summed E-state index contributed by atoms with van der Waals surface area (Å²) in [6.45, 7) is 3.90. The first-order valence-electron chi connectivity index (χ1n) is 6.36. The normalized spacial score (nSPS) is 15.3. The summed E-state index contributed by atoms with van der Waals surface area (Å²) in [6, 6.07) is 7.60. The van der Waals surface area contributed by atoms with Gasteiger partial charge in [0.25, 0.3) is 0 Å². The smallest absolute Gasteiger partial charge is 0.308 e. The Kier molecular flexibility index (Phi) is 6.14. The topological polar surface area (TPSA) is 12.0 Å². The average molecular weight is 294 g/mol. The minimum Gasteiger partial charge on any atom is -0.308 e. The predicted molar refractivity (Wildman–Crippen MR) is 72.4 cm³/mol. The molecule has 1 aromatic carbocycles. The lowest BCUT2D eigenvalue weighted by atomic mass is 10.1. The van der Waals surface area contributed by atoms with Gasteiger partial charge in [-0.05, 0) is 44.4 Å². The van der Waals surface area contributed by atoms with E-state index in [4.69, 9.17) is 11.6 Å². The van der Waals surface area contributed by atoms with Crippen molar-refractivity contribution < 1.29 is 13.2 Å². The first kappa shape index (κ1) is 16.3. The fourth-order valence-electron chi connectivity index (χ4n) is 1.97. The molecule has 0 bridgehead atoms. The fraction of sp³-hybridized carbons (Fsp3) is 0.571. The summed E-state index contributed by atoms with van der Waals surface area (Å²) in [5, 5.41) is 3.97. The zero-order chi connectivity index (χ0) is 14.5. The Hall–Kier alpha value is -0.740. The molecule has 0 radical (unpaired) electrons. The first-order valence-corrected chi connectivity index (χ1v) is 6.74. The van der Waals surface area contributed by atoms with E-state index in [1.54, 1.807) is 0 Å². The van der Waals surface area contributed by atoms with Crippen LogP contribution in [-0.4, -0.2) is 12.2 Å². The van der Waals surface area contributed by atoms with Crippen molar-refractivity contribution in [3.05, 3.63) is 34.9 Å². The molecule has 1 nitrogen and oxygen atoms in total. The number of nitrogens with one attached hydrogen (secondary N) is 1. The van der Waals surface area contributed by atoms with Crippen LogP contribution in [0.5, 0.6) is 0 Å². The summed E-state index contributed by atoms with van der Waals surface area (Å²) in [6.07, 6.45) is -4.10. The predicted octanol–water partition coefficient (Wildman–Crippen LogP) is 5.11. The molecule has 0 heterocycles. The monoisotopic (exact) mass is 293 g/mol. The number of alkyl halides is 3. The summed E-state index contributed by atoms with van der Waals surface area (Å²) in [4.78, 5) is 0. The molecule has 19 heavy (non-hydrogen) atoms. The highest BCUT2D eigenvalue weighted by atomic mass is 35.5. The summed E-state index contributed by atoms with van der Waals surface area (Å²) < 4.78 is 36.1. The van der Waals surface area contributed by atoms with E-state index in [-0.39, 0.29) is 18.5 Å². The quantitative estimate of drug-likeness (QED) is 0.768. The summed E-state index contributed by atoms with van der Waals surface area (Å²) in [7, 11) is 0. The molecule has 0 aliphatic carbocycles. The molecule has 0 spiro atoms. The third-order valence-corrected chi connectivity index (χ3v) is 3.25. The number of halogens is 4. The van der Waals surface area contributed by atoms with Gasteiger partial charge in [0.05, 0.1) is 0 Å². The Bertz CT molecular complexity index is 375. The minimum absolute atomic E-state index is 0.0491. The van der Waals surface area contributed by atoms with E-state index in [0.717, 1.165) is 5.56 Å². The molecular formula is C14H19ClF3N. The Morgan fingerprint density at radius 1 is 1.16 bits per heavy atom. The van der Waals surface area contributed by atoms with Crippen LogP contribution in [0, 0.1) is 0 Å². The Morgan fingerprint density at radius 3 is 2.26 bits per heavy atom. The van der Waals surface area contributed by atoms with E-state index in [1.807, 2.05) is 38.1 Å². The zero-order valence-corrected chi connectivity index (χ0v) is 11.9. The molecule has 1 rings (SSSR count). The van der Waals surface area contributed by atoms with Crippen LogP contribution in [0.15, 0.2) is 24.3 Å². The SMILES string of the molecule is CC(CCCC(F)(F)F)NC(C)c1ccc(Cl)cc1. The molecule has 0 aliphatic rings. The third kappa shape index (κ3) is 6.83. The second-order valence-electron chi connectivity index (χ2n) is 4.85. The van der Waals surface area contributed by atoms with Crippen LogP contribution in [0.25, 0.3) is 0 Å². The maximum Gasteiger partial charge on any atom is 0.389 e. The number of rotatable bonds is 6. The zero-order valence-electron chi connectivity index (χ0n) is 11.1. The minimum atomic E-state index is -4.05. The van der Waals surface area contributed by atoms with E-state index < -0.39 is 12.6 Å². The van der Waals surface area contributed by atoms with Crippen LogP contribution in [0.4, 0.5) is 13.2 Å². The molecule has 1 aromatic rings. The van der Waals surface area contributed by atoms with Crippen LogP contribution < -0.4 is 5.32 Å². The standard InChI is InChI=1S/C14H19ClF3N/c1-10(4-3-9-14(16,17)18)19-11(2)12-5-7-13(15)8-6-12/h5-8,10-11,19H,3-4,9H2,1-2H3. The first-order chi connectivity index (χ1) is 8.78. The van der Waals surface area contributed by atoms with Crippen LogP contribution in [0.3, 0.4) is 0 Å². The fourth-order valence-corrected chi connectivity index (χ4v) is 2.09. The van der Waals surface area contributed by atoms with Crippen molar-refractivity contribution in [2.75, 3.05) is 0 Å². The van der Waals surface area contributed by atoms with Gasteiger partial charge in [-0.25, -0.2) is 0 Å². The molecular weight excluding hydrogens is 275 g/mol. The van der Waals surface area contributed by atoms with E-state index in [0.29, 0.717) is 11.4 Å². The van der Waals surface area contributed by atoms with Gasteiger partial charge in [0.2, 0.25) is 0 Å². The van der Waals surface area contributed by atoms with Crippen LogP contribution in [0.1, 0.15) is 44.7 Å². The number of hydrogen-bond acceptors (Lipinski definition) is 1. The van der Waals surface area contributed by atoms with Crippen LogP contribution >= 0.6 is 11.6 Å². The van der Waals surface area contributed by atoms with Gasteiger partial charge in [-0.3, -0.25) is 0 Å². The van der Waals surface area contributed by atoms with E-state index in [2.05, 4.69) is 5.32 Å². The summed E-state index contributed by atoms with van der Waals surface area (Å²) >= 11 is 5.81. The third-order valence-electron chi connectivity index (χ3n) is 3.00. The molecule has 0 aliphatic heterocycles. The largest absolute Gasteiger partial charge is 0.389 e. The second-order valence-corrected chi connectivity index (χ2v) is 5.28. The maximum absolute atomic E-state index is 12.0. The van der Waals surface area contributed by atoms with Crippen molar-refractivity contribution in [2.24, 2.45) is 0 Å². The lowest BCUT2D eigenvalue weighted by Gasteiger charge is -2.20. The second kappa shape index (κ2) is 7.15. The molecule has 0 saturated heterocycles. The highest BCUT2D eigenvalue weighted by molar-refractivity contribution is 6.30. The van der Waals surface area contributed by atoms with Crippen molar-refractivity contribution in [3.63, 3.8) is 0 Å². The van der Waals surface area contributed by atoms with Gasteiger partial charge in [-0.15, -0.1) is 0 Å². The molecule has 1 N–H and O–H groups in total. The molecule has 108 valence electrons. The molecule has 2 atom stereocenters. The number of benzene rings is 1. The van der Waals surface area contributed by atoms with Crippen molar-refractivity contribution in [2.45, 2.75) is 51.4 Å². The molecule has 2 unspecified atom stereocenters. The lowest BCUT2D eigenvalue weighted by molar-refractivity contribution is -0.135. The molecule has 0 fully saturated rings. The summed E-state index contributed by atoms with van der Waals surface area (Å²) in [5.41, 5.74) is 1.08. The molecule has 0 aromatic heterocycles. The van der Waals surface area contributed by atoms with Crippen molar-refractivity contribution in [3.8, 4) is 0 Å². The highest BCUT2D eigenvalue weighted by Crippen LogP contribution is 2.23.